The molecule has 4 atom stereocenters. The van der Waals surface area contributed by atoms with E-state index in [4.69, 9.17) is 0 Å². The van der Waals surface area contributed by atoms with E-state index in [-0.39, 0.29) is 40.9 Å². The Morgan fingerprint density at radius 2 is 1.81 bits per heavy atom. The van der Waals surface area contributed by atoms with Crippen LogP contribution in [0.5, 0.6) is 0 Å². The fourth-order valence-electron chi connectivity index (χ4n) is 4.60. The molecule has 1 fully saturated rings. The van der Waals surface area contributed by atoms with Crippen LogP contribution >= 0.6 is 11.8 Å². The second-order valence-electron chi connectivity index (χ2n) is 7.85. The highest BCUT2D eigenvalue weighted by molar-refractivity contribution is 8.15. The third-order valence-corrected chi connectivity index (χ3v) is 7.00. The molecule has 0 radical (unpaired) electrons. The molecule has 0 saturated heterocycles. The maximum Gasteiger partial charge on any atom is 0.283 e. The van der Waals surface area contributed by atoms with Crippen molar-refractivity contribution in [2.45, 2.75) is 56.9 Å². The van der Waals surface area contributed by atoms with Crippen LogP contribution in [0.15, 0.2) is 36.4 Å². The van der Waals surface area contributed by atoms with Crippen molar-refractivity contribution < 1.29 is 14.0 Å². The van der Waals surface area contributed by atoms with Gasteiger partial charge in [0.1, 0.15) is 12.1 Å². The number of hydrogen-bond donors (Lipinski definition) is 0. The van der Waals surface area contributed by atoms with Crippen LogP contribution in [0.1, 0.15) is 45.6 Å². The Labute approximate surface area is 159 Å². The number of halogens is 1. The summed E-state index contributed by atoms with van der Waals surface area (Å²) in [7, 11) is 0. The lowest BCUT2D eigenvalue weighted by atomic mass is 9.78. The minimum atomic E-state index is -0.823. The van der Waals surface area contributed by atoms with Gasteiger partial charge >= 0.3 is 0 Å². The van der Waals surface area contributed by atoms with Gasteiger partial charge in [0.15, 0.2) is 0 Å². The van der Waals surface area contributed by atoms with Gasteiger partial charge in [0.25, 0.3) is 5.24 Å². The smallest absolute Gasteiger partial charge is 0.283 e. The zero-order valence-electron chi connectivity index (χ0n) is 15.7. The number of carbonyl (C=O) groups excluding carboxylic acids is 2. The normalized spacial score (nSPS) is 29.6. The van der Waals surface area contributed by atoms with Crippen LogP contribution in [0, 0.1) is 17.7 Å². The number of nitrogens with zero attached hydrogens (tertiary/aromatic N) is 1. The molecule has 3 rings (SSSR count). The topological polar surface area (TPSA) is 37.4 Å². The van der Waals surface area contributed by atoms with Crippen LogP contribution in [0.2, 0.25) is 0 Å². The molecule has 2 aliphatic carbocycles. The first-order chi connectivity index (χ1) is 12.3. The van der Waals surface area contributed by atoms with Crippen molar-refractivity contribution in [1.29, 1.82) is 0 Å². The molecule has 1 saturated carbocycles. The molecule has 0 N–H and O–H groups in total. The maximum absolute atomic E-state index is 13.4. The van der Waals surface area contributed by atoms with Gasteiger partial charge in [-0.3, -0.25) is 4.79 Å². The molecule has 140 valence electrons. The molecule has 1 amide bonds. The number of hydrogen-bond acceptors (Lipinski definition) is 3. The van der Waals surface area contributed by atoms with Crippen LogP contribution < -0.4 is 0 Å². The summed E-state index contributed by atoms with van der Waals surface area (Å²) in [5.41, 5.74) is 0.927. The molecule has 0 spiro atoms. The highest BCUT2D eigenvalue weighted by atomic mass is 32.2. The Hall–Kier alpha value is -1.62. The van der Waals surface area contributed by atoms with E-state index in [1.165, 1.54) is 12.1 Å². The zero-order chi connectivity index (χ0) is 19.1. The number of carbonyl (C=O) groups is 2. The minimum absolute atomic E-state index is 0.0372. The summed E-state index contributed by atoms with van der Waals surface area (Å²) in [5.74, 6) is -0.151. The summed E-state index contributed by atoms with van der Waals surface area (Å²) in [6.45, 7) is 7.96. The van der Waals surface area contributed by atoms with Gasteiger partial charge in [-0.25, -0.2) is 4.39 Å². The lowest BCUT2D eigenvalue weighted by Gasteiger charge is -2.39. The molecule has 0 heterocycles. The summed E-state index contributed by atoms with van der Waals surface area (Å²) >= 11 is 1.16. The van der Waals surface area contributed by atoms with Crippen molar-refractivity contribution in [1.82, 2.24) is 4.90 Å². The first-order valence-corrected chi connectivity index (χ1v) is 10.0. The Morgan fingerprint density at radius 3 is 2.35 bits per heavy atom. The third-order valence-electron chi connectivity index (χ3n) is 5.61. The standard InChI is InChI=1S/C21H26FNO2S/c1-13(2)23(14(3)4)20(25)26-21(12-24)17-8-5-16(11-17)19(21)15-6-9-18(22)10-7-15/h5-10,12-14,16-17,19H,11H2,1-4H3/t16-,17+,19-,21+/m0/s1. The van der Waals surface area contributed by atoms with Crippen molar-refractivity contribution in [2.75, 3.05) is 0 Å². The van der Waals surface area contributed by atoms with Crippen LogP contribution in [0.25, 0.3) is 0 Å². The summed E-state index contributed by atoms with van der Waals surface area (Å²) in [5, 5.41) is -0.0600. The molecule has 5 heteroatoms. The lowest BCUT2D eigenvalue weighted by molar-refractivity contribution is -0.110. The van der Waals surface area contributed by atoms with Crippen molar-refractivity contribution in [3.63, 3.8) is 0 Å². The monoisotopic (exact) mass is 375 g/mol. The average molecular weight is 376 g/mol. The van der Waals surface area contributed by atoms with Crippen LogP contribution in [0.3, 0.4) is 0 Å². The molecule has 2 aliphatic rings. The van der Waals surface area contributed by atoms with Gasteiger partial charge in [-0.2, -0.15) is 0 Å². The Morgan fingerprint density at radius 1 is 1.19 bits per heavy atom. The van der Waals surface area contributed by atoms with E-state index in [1.54, 1.807) is 12.1 Å². The van der Waals surface area contributed by atoms with Crippen LogP contribution in [-0.4, -0.2) is 33.3 Å². The number of allylic oxidation sites excluding steroid dienone is 2. The number of thioether (sulfide) groups is 1. The molecular formula is C21H26FNO2S. The second-order valence-corrected chi connectivity index (χ2v) is 9.11. The first-order valence-electron chi connectivity index (χ1n) is 9.21. The molecule has 0 unspecified atom stereocenters. The number of aldehydes is 1. The SMILES string of the molecule is CC(C)N(C(=O)S[C@]1(C=O)[C@@H]2C=C[C@@H](C2)[C@@H]1c1ccc(F)cc1)C(C)C. The van der Waals surface area contributed by atoms with Crippen molar-refractivity contribution >= 4 is 23.3 Å². The number of rotatable bonds is 5. The van der Waals surface area contributed by atoms with Crippen molar-refractivity contribution in [3.05, 3.63) is 47.8 Å². The Kier molecular flexibility index (Phi) is 5.29. The number of amides is 1. The summed E-state index contributed by atoms with van der Waals surface area (Å²) < 4.78 is 12.6. The average Bonchev–Trinajstić information content (AvgIpc) is 3.15. The largest absolute Gasteiger partial charge is 0.329 e. The second kappa shape index (κ2) is 7.18. The molecule has 26 heavy (non-hydrogen) atoms. The van der Waals surface area contributed by atoms with Gasteiger partial charge in [0.05, 0.1) is 4.75 Å². The van der Waals surface area contributed by atoms with Crippen molar-refractivity contribution in [2.24, 2.45) is 11.8 Å². The summed E-state index contributed by atoms with van der Waals surface area (Å²) in [4.78, 5) is 27.3. The molecular weight excluding hydrogens is 349 g/mol. The van der Waals surface area contributed by atoms with Gasteiger partial charge in [-0.15, -0.1) is 0 Å². The predicted molar refractivity (Wildman–Crippen MR) is 104 cm³/mol. The lowest BCUT2D eigenvalue weighted by Crippen LogP contribution is -2.46. The highest BCUT2D eigenvalue weighted by Crippen LogP contribution is 2.60. The number of benzene rings is 1. The van der Waals surface area contributed by atoms with Crippen LogP contribution in [-0.2, 0) is 4.79 Å². The fourth-order valence-corrected chi connectivity index (χ4v) is 6.24. The van der Waals surface area contributed by atoms with E-state index in [0.717, 1.165) is 30.0 Å². The quantitative estimate of drug-likeness (QED) is 0.535. The highest BCUT2D eigenvalue weighted by Gasteiger charge is 2.58. The van der Waals surface area contributed by atoms with Crippen LogP contribution in [0.4, 0.5) is 9.18 Å². The Bertz CT molecular complexity index is 707. The van der Waals surface area contributed by atoms with Gasteiger partial charge < -0.3 is 9.69 Å². The van der Waals surface area contributed by atoms with Gasteiger partial charge in [0, 0.05) is 18.0 Å². The van der Waals surface area contributed by atoms with E-state index < -0.39 is 4.75 Å². The summed E-state index contributed by atoms with van der Waals surface area (Å²) in [6.07, 6.45) is 6.06. The maximum atomic E-state index is 13.4. The molecule has 1 aromatic carbocycles. The van der Waals surface area contributed by atoms with Crippen molar-refractivity contribution in [3.8, 4) is 0 Å². The Balaban J connectivity index is 1.97. The fraction of sp³-hybridized carbons (Fsp3) is 0.524. The van der Waals surface area contributed by atoms with Gasteiger partial charge in [0.2, 0.25) is 0 Å². The minimum Gasteiger partial charge on any atom is -0.329 e. The van der Waals surface area contributed by atoms with E-state index in [0.29, 0.717) is 0 Å². The van der Waals surface area contributed by atoms with E-state index in [1.807, 2.05) is 32.6 Å². The van der Waals surface area contributed by atoms with E-state index >= 15 is 0 Å². The molecule has 1 aromatic rings. The molecule has 2 bridgehead atoms. The molecule has 0 aliphatic heterocycles. The zero-order valence-corrected chi connectivity index (χ0v) is 16.5. The number of fused-ring (bicyclic) bond motifs is 2. The van der Waals surface area contributed by atoms with E-state index in [2.05, 4.69) is 12.2 Å². The van der Waals surface area contributed by atoms with E-state index in [9.17, 15) is 14.0 Å². The summed E-state index contributed by atoms with van der Waals surface area (Å²) in [6, 6.07) is 6.50. The first kappa shape index (κ1) is 19.2. The third kappa shape index (κ3) is 3.11. The van der Waals surface area contributed by atoms with Gasteiger partial charge in [-0.1, -0.05) is 24.3 Å². The molecule has 0 aromatic heterocycles. The van der Waals surface area contributed by atoms with Gasteiger partial charge in [-0.05, 0) is 75.4 Å². The molecule has 3 nitrogen and oxygen atoms in total. The predicted octanol–water partition coefficient (Wildman–Crippen LogP) is 5.02.